The lowest BCUT2D eigenvalue weighted by molar-refractivity contribution is -0.114. The highest BCUT2D eigenvalue weighted by molar-refractivity contribution is 8.00. The van der Waals surface area contributed by atoms with Gasteiger partial charge in [-0.3, -0.25) is 9.59 Å². The Balaban J connectivity index is 1.60. The number of hydrogen-bond acceptors (Lipinski definition) is 3. The molecule has 0 heterocycles. The average Bonchev–Trinajstić information content (AvgIpc) is 2.61. The lowest BCUT2D eigenvalue weighted by atomic mass is 10.1. The van der Waals surface area contributed by atoms with Crippen LogP contribution in [0.5, 0.6) is 0 Å². The maximum absolute atomic E-state index is 12.2. The Kier molecular flexibility index (Phi) is 5.36. The van der Waals surface area contributed by atoms with E-state index in [0.29, 0.717) is 17.1 Å². The number of benzene rings is 3. The molecule has 0 radical (unpaired) electrons. The Hall–Kier alpha value is -2.79. The highest BCUT2D eigenvalue weighted by Gasteiger charge is 2.06. The second-order valence-corrected chi connectivity index (χ2v) is 6.59. The van der Waals surface area contributed by atoms with Crippen LogP contribution in [-0.4, -0.2) is 17.6 Å². The van der Waals surface area contributed by atoms with Gasteiger partial charge in [0, 0.05) is 23.2 Å². The number of rotatable bonds is 5. The van der Waals surface area contributed by atoms with Crippen LogP contribution < -0.4 is 10.6 Å². The van der Waals surface area contributed by atoms with Gasteiger partial charge in [0.15, 0.2) is 0 Å². The van der Waals surface area contributed by atoms with Gasteiger partial charge in [0.1, 0.15) is 0 Å². The van der Waals surface area contributed by atoms with Gasteiger partial charge >= 0.3 is 0 Å². The lowest BCUT2D eigenvalue weighted by Crippen LogP contribution is -2.14. The highest BCUT2D eigenvalue weighted by Crippen LogP contribution is 2.27. The molecule has 0 aliphatic carbocycles. The van der Waals surface area contributed by atoms with E-state index in [4.69, 9.17) is 0 Å². The van der Waals surface area contributed by atoms with Crippen molar-refractivity contribution < 1.29 is 9.59 Å². The van der Waals surface area contributed by atoms with E-state index < -0.39 is 0 Å². The zero-order valence-corrected chi connectivity index (χ0v) is 14.6. The first-order valence-corrected chi connectivity index (χ1v) is 8.88. The van der Waals surface area contributed by atoms with Gasteiger partial charge in [0.25, 0.3) is 0 Å². The number of carbonyl (C=O) groups is 2. The molecule has 126 valence electrons. The number of nitrogens with one attached hydrogen (secondary N) is 2. The predicted octanol–water partition coefficient (Wildman–Crippen LogP) is 4.53. The SMILES string of the molecule is CC(=O)Nc1ccc(NC(=O)CSc2cccc3ccccc23)cc1. The predicted molar refractivity (Wildman–Crippen MR) is 104 cm³/mol. The molecular weight excluding hydrogens is 332 g/mol. The normalized spacial score (nSPS) is 10.4. The number of anilines is 2. The third-order valence-corrected chi connectivity index (χ3v) is 4.67. The fraction of sp³-hybridized carbons (Fsp3) is 0.100. The van der Waals surface area contributed by atoms with E-state index in [9.17, 15) is 9.59 Å². The quantitative estimate of drug-likeness (QED) is 0.665. The zero-order chi connectivity index (χ0) is 17.6. The maximum Gasteiger partial charge on any atom is 0.234 e. The molecule has 0 fully saturated rings. The molecule has 0 bridgehead atoms. The van der Waals surface area contributed by atoms with Crippen molar-refractivity contribution in [2.75, 3.05) is 16.4 Å². The molecule has 0 atom stereocenters. The molecule has 0 aliphatic rings. The van der Waals surface area contributed by atoms with E-state index in [1.54, 1.807) is 24.3 Å². The number of amides is 2. The number of fused-ring (bicyclic) bond motifs is 1. The summed E-state index contributed by atoms with van der Waals surface area (Å²) in [6.07, 6.45) is 0. The molecule has 0 saturated heterocycles. The van der Waals surface area contributed by atoms with Crippen molar-refractivity contribution in [2.45, 2.75) is 11.8 Å². The Morgan fingerprint density at radius 2 is 1.48 bits per heavy atom. The molecule has 0 aliphatic heterocycles. The van der Waals surface area contributed by atoms with Crippen LogP contribution in [0.1, 0.15) is 6.92 Å². The standard InChI is InChI=1S/C20H18N2O2S/c1-14(23)21-16-9-11-17(12-10-16)22-20(24)13-25-19-8-4-6-15-5-2-3-7-18(15)19/h2-12H,13H2,1H3,(H,21,23)(H,22,24). The summed E-state index contributed by atoms with van der Waals surface area (Å²) in [6.45, 7) is 1.46. The van der Waals surface area contributed by atoms with Crippen molar-refractivity contribution in [1.82, 2.24) is 0 Å². The molecule has 2 N–H and O–H groups in total. The summed E-state index contributed by atoms with van der Waals surface area (Å²) >= 11 is 1.52. The first kappa shape index (κ1) is 17.0. The summed E-state index contributed by atoms with van der Waals surface area (Å²) in [5.74, 6) is 0.148. The van der Waals surface area contributed by atoms with Crippen molar-refractivity contribution in [1.29, 1.82) is 0 Å². The fourth-order valence-electron chi connectivity index (χ4n) is 2.50. The van der Waals surface area contributed by atoms with Gasteiger partial charge in [0.2, 0.25) is 11.8 Å². The minimum absolute atomic E-state index is 0.0646. The van der Waals surface area contributed by atoms with E-state index in [1.165, 1.54) is 24.1 Å². The average molecular weight is 350 g/mol. The molecule has 3 aromatic carbocycles. The first-order valence-electron chi connectivity index (χ1n) is 7.90. The van der Waals surface area contributed by atoms with E-state index in [1.807, 2.05) is 24.3 Å². The smallest absolute Gasteiger partial charge is 0.234 e. The number of thioether (sulfide) groups is 1. The summed E-state index contributed by atoms with van der Waals surface area (Å²) in [4.78, 5) is 24.3. The Labute approximate surface area is 150 Å². The van der Waals surface area contributed by atoms with Crippen molar-refractivity contribution in [3.63, 3.8) is 0 Å². The minimum atomic E-state index is -0.122. The Morgan fingerprint density at radius 3 is 2.20 bits per heavy atom. The zero-order valence-electron chi connectivity index (χ0n) is 13.8. The Bertz CT molecular complexity index is 902. The van der Waals surface area contributed by atoms with Gasteiger partial charge in [-0.1, -0.05) is 36.4 Å². The lowest BCUT2D eigenvalue weighted by Gasteiger charge is -2.08. The fourth-order valence-corrected chi connectivity index (χ4v) is 3.38. The minimum Gasteiger partial charge on any atom is -0.326 e. The Morgan fingerprint density at radius 1 is 0.840 bits per heavy atom. The van der Waals surface area contributed by atoms with Gasteiger partial charge in [-0.2, -0.15) is 0 Å². The van der Waals surface area contributed by atoms with Crippen LogP contribution in [0.2, 0.25) is 0 Å². The van der Waals surface area contributed by atoms with Crippen LogP contribution in [0.25, 0.3) is 10.8 Å². The first-order chi connectivity index (χ1) is 12.1. The van der Waals surface area contributed by atoms with Crippen LogP contribution >= 0.6 is 11.8 Å². The molecule has 3 aromatic rings. The number of hydrogen-bond donors (Lipinski definition) is 2. The summed E-state index contributed by atoms with van der Waals surface area (Å²) in [5, 5.41) is 7.88. The van der Waals surface area contributed by atoms with Crippen molar-refractivity contribution in [2.24, 2.45) is 0 Å². The van der Waals surface area contributed by atoms with Crippen LogP contribution in [0.3, 0.4) is 0 Å². The second kappa shape index (κ2) is 7.85. The third-order valence-electron chi connectivity index (χ3n) is 3.60. The monoisotopic (exact) mass is 350 g/mol. The largest absolute Gasteiger partial charge is 0.326 e. The topological polar surface area (TPSA) is 58.2 Å². The van der Waals surface area contributed by atoms with Gasteiger partial charge in [-0.05, 0) is 41.1 Å². The molecule has 0 aromatic heterocycles. The molecule has 3 rings (SSSR count). The van der Waals surface area contributed by atoms with E-state index in [0.717, 1.165) is 10.3 Å². The molecule has 5 heteroatoms. The maximum atomic E-state index is 12.2. The van der Waals surface area contributed by atoms with Crippen molar-refractivity contribution in [3.05, 3.63) is 66.7 Å². The molecule has 0 unspecified atom stereocenters. The van der Waals surface area contributed by atoms with Gasteiger partial charge in [-0.15, -0.1) is 11.8 Å². The van der Waals surface area contributed by atoms with E-state index in [-0.39, 0.29) is 11.8 Å². The van der Waals surface area contributed by atoms with Gasteiger partial charge in [0.05, 0.1) is 5.75 Å². The van der Waals surface area contributed by atoms with Crippen LogP contribution in [0.15, 0.2) is 71.6 Å². The molecule has 25 heavy (non-hydrogen) atoms. The molecule has 2 amide bonds. The van der Waals surface area contributed by atoms with Crippen molar-refractivity contribution >= 4 is 45.7 Å². The summed E-state index contributed by atoms with van der Waals surface area (Å²) in [6, 6.07) is 21.3. The molecular formula is C20H18N2O2S. The van der Waals surface area contributed by atoms with Crippen LogP contribution in [0, 0.1) is 0 Å². The van der Waals surface area contributed by atoms with Crippen LogP contribution in [0.4, 0.5) is 11.4 Å². The summed E-state index contributed by atoms with van der Waals surface area (Å²) < 4.78 is 0. The van der Waals surface area contributed by atoms with Gasteiger partial charge in [-0.25, -0.2) is 0 Å². The second-order valence-electron chi connectivity index (χ2n) is 5.57. The van der Waals surface area contributed by atoms with Gasteiger partial charge < -0.3 is 10.6 Å². The van der Waals surface area contributed by atoms with Crippen molar-refractivity contribution in [3.8, 4) is 0 Å². The summed E-state index contributed by atoms with van der Waals surface area (Å²) in [7, 11) is 0. The van der Waals surface area contributed by atoms with E-state index in [2.05, 4.69) is 28.8 Å². The van der Waals surface area contributed by atoms with E-state index >= 15 is 0 Å². The highest BCUT2D eigenvalue weighted by atomic mass is 32.2. The van der Waals surface area contributed by atoms with Crippen LogP contribution in [-0.2, 0) is 9.59 Å². The molecule has 4 nitrogen and oxygen atoms in total. The molecule has 0 spiro atoms. The summed E-state index contributed by atoms with van der Waals surface area (Å²) in [5.41, 5.74) is 1.41. The third kappa shape index (κ3) is 4.61. The number of carbonyl (C=O) groups excluding carboxylic acids is 2. The molecule has 0 saturated carbocycles.